The lowest BCUT2D eigenvalue weighted by Gasteiger charge is -2.18. The van der Waals surface area contributed by atoms with Crippen LogP contribution in [0, 0.1) is 5.92 Å². The van der Waals surface area contributed by atoms with E-state index < -0.39 is 17.8 Å². The van der Waals surface area contributed by atoms with Crippen LogP contribution in [0.1, 0.15) is 22.1 Å². The highest BCUT2D eigenvalue weighted by molar-refractivity contribution is 5.92. The molecule has 1 N–H and O–H groups in total. The molecule has 3 heterocycles. The molecular weight excluding hydrogens is 350 g/mol. The number of nitrogens with zero attached hydrogens (tertiary/aromatic N) is 5. The Hall–Kier alpha value is -3.49. The number of ether oxygens (including phenoxy) is 1. The van der Waals surface area contributed by atoms with Gasteiger partial charge in [0.1, 0.15) is 5.75 Å². The van der Waals surface area contributed by atoms with Crippen molar-refractivity contribution < 1.29 is 19.4 Å². The second kappa shape index (κ2) is 6.67. The van der Waals surface area contributed by atoms with Gasteiger partial charge in [-0.05, 0) is 17.7 Å². The summed E-state index contributed by atoms with van der Waals surface area (Å²) in [5.74, 6) is -1.55. The predicted octanol–water partition coefficient (Wildman–Crippen LogP) is 1.07. The zero-order chi connectivity index (χ0) is 19.0. The molecule has 1 aliphatic rings. The maximum Gasteiger partial charge on any atom is 0.308 e. The Morgan fingerprint density at radius 2 is 2.04 bits per heavy atom. The first kappa shape index (κ1) is 17.0. The van der Waals surface area contributed by atoms with Crippen LogP contribution >= 0.6 is 0 Å². The lowest BCUT2D eigenvalue weighted by Crippen LogP contribution is -2.30. The SMILES string of the molecule is COc1ccccc1[C@@H]1CN(C(=O)c2nc3ncccn3n2)C[C@H]1C(=O)O. The van der Waals surface area contributed by atoms with Gasteiger partial charge in [-0.1, -0.05) is 18.2 Å². The Morgan fingerprint density at radius 1 is 1.22 bits per heavy atom. The molecule has 1 amide bonds. The van der Waals surface area contributed by atoms with Gasteiger partial charge in [0.25, 0.3) is 11.7 Å². The molecule has 9 heteroatoms. The van der Waals surface area contributed by atoms with E-state index in [9.17, 15) is 14.7 Å². The van der Waals surface area contributed by atoms with Crippen molar-refractivity contribution in [1.29, 1.82) is 0 Å². The zero-order valence-corrected chi connectivity index (χ0v) is 14.5. The molecule has 0 saturated carbocycles. The number of aromatic nitrogens is 4. The van der Waals surface area contributed by atoms with Gasteiger partial charge in [0.2, 0.25) is 5.82 Å². The molecule has 27 heavy (non-hydrogen) atoms. The first-order valence-corrected chi connectivity index (χ1v) is 8.41. The van der Waals surface area contributed by atoms with Gasteiger partial charge >= 0.3 is 5.97 Å². The van der Waals surface area contributed by atoms with Crippen LogP contribution in [-0.4, -0.2) is 61.7 Å². The van der Waals surface area contributed by atoms with Gasteiger partial charge < -0.3 is 14.7 Å². The lowest BCUT2D eigenvalue weighted by atomic mass is 9.88. The van der Waals surface area contributed by atoms with Gasteiger partial charge in [-0.2, -0.15) is 4.98 Å². The Balaban J connectivity index is 1.65. The Morgan fingerprint density at radius 3 is 2.78 bits per heavy atom. The van der Waals surface area contributed by atoms with E-state index in [1.54, 1.807) is 31.6 Å². The standard InChI is InChI=1S/C18H17N5O4/c1-27-14-6-3-2-5-11(14)12-9-22(10-13(12)17(25)26)16(24)15-20-18-19-7-4-8-23(18)21-15/h2-8,12-13H,9-10H2,1H3,(H,25,26)/t12-,13+/m0/s1. The van der Waals surface area contributed by atoms with Crippen LogP contribution in [0.25, 0.3) is 5.78 Å². The third-order valence-corrected chi connectivity index (χ3v) is 4.77. The summed E-state index contributed by atoms with van der Waals surface area (Å²) in [6.07, 6.45) is 3.21. The molecular formula is C18H17N5O4. The first-order valence-electron chi connectivity index (χ1n) is 8.41. The molecule has 0 bridgehead atoms. The van der Waals surface area contributed by atoms with Crippen LogP contribution in [0.3, 0.4) is 0 Å². The average Bonchev–Trinajstić information content (AvgIpc) is 3.32. The van der Waals surface area contributed by atoms with Crippen LogP contribution in [0.4, 0.5) is 0 Å². The molecule has 3 aromatic rings. The van der Waals surface area contributed by atoms with Crippen LogP contribution in [0.5, 0.6) is 5.75 Å². The van der Waals surface area contributed by atoms with E-state index in [1.165, 1.54) is 9.42 Å². The zero-order valence-electron chi connectivity index (χ0n) is 14.5. The highest BCUT2D eigenvalue weighted by Crippen LogP contribution is 2.37. The Kier molecular flexibility index (Phi) is 4.19. The maximum atomic E-state index is 12.9. The fourth-order valence-electron chi connectivity index (χ4n) is 3.47. The van der Waals surface area contributed by atoms with Crippen molar-refractivity contribution in [3.05, 3.63) is 54.1 Å². The third-order valence-electron chi connectivity index (χ3n) is 4.77. The number of likely N-dealkylation sites (tertiary alicyclic amines) is 1. The third kappa shape index (κ3) is 2.97. The van der Waals surface area contributed by atoms with E-state index in [4.69, 9.17) is 4.74 Å². The minimum atomic E-state index is -0.953. The number of benzene rings is 1. The van der Waals surface area contributed by atoms with E-state index in [0.29, 0.717) is 11.5 Å². The van der Waals surface area contributed by atoms with Gasteiger partial charge in [0.05, 0.1) is 13.0 Å². The highest BCUT2D eigenvalue weighted by Gasteiger charge is 2.42. The number of fused-ring (bicyclic) bond motifs is 1. The number of hydrogen-bond acceptors (Lipinski definition) is 6. The van der Waals surface area contributed by atoms with E-state index in [0.717, 1.165) is 5.56 Å². The average molecular weight is 367 g/mol. The second-order valence-electron chi connectivity index (χ2n) is 6.30. The van der Waals surface area contributed by atoms with Crippen molar-refractivity contribution >= 4 is 17.7 Å². The first-order chi connectivity index (χ1) is 13.1. The second-order valence-corrected chi connectivity index (χ2v) is 6.30. The van der Waals surface area contributed by atoms with Crippen molar-refractivity contribution in [2.24, 2.45) is 5.92 Å². The van der Waals surface area contributed by atoms with Crippen LogP contribution in [0.2, 0.25) is 0 Å². The molecule has 0 aliphatic carbocycles. The molecule has 1 saturated heterocycles. The number of carbonyl (C=O) groups is 2. The quantitative estimate of drug-likeness (QED) is 0.734. The van der Waals surface area contributed by atoms with Gasteiger partial charge in [-0.15, -0.1) is 5.10 Å². The number of carboxylic acid groups (broad SMARTS) is 1. The van der Waals surface area contributed by atoms with Crippen molar-refractivity contribution in [1.82, 2.24) is 24.5 Å². The van der Waals surface area contributed by atoms with E-state index in [-0.39, 0.29) is 24.8 Å². The Bertz CT molecular complexity index is 985. The molecule has 0 radical (unpaired) electrons. The predicted molar refractivity (Wildman–Crippen MR) is 93.5 cm³/mol. The summed E-state index contributed by atoms with van der Waals surface area (Å²) < 4.78 is 6.79. The van der Waals surface area contributed by atoms with Gasteiger partial charge in [0, 0.05) is 31.4 Å². The molecule has 2 aromatic heterocycles. The van der Waals surface area contributed by atoms with Crippen molar-refractivity contribution in [2.45, 2.75) is 5.92 Å². The minimum absolute atomic E-state index is 0.00137. The van der Waals surface area contributed by atoms with E-state index >= 15 is 0 Å². The summed E-state index contributed by atoms with van der Waals surface area (Å²) in [5, 5.41) is 13.8. The van der Waals surface area contributed by atoms with Gasteiger partial charge in [-0.25, -0.2) is 9.50 Å². The lowest BCUT2D eigenvalue weighted by molar-refractivity contribution is -0.141. The smallest absolute Gasteiger partial charge is 0.308 e. The fourth-order valence-corrected chi connectivity index (χ4v) is 3.47. The molecule has 9 nitrogen and oxygen atoms in total. The molecule has 1 aromatic carbocycles. The molecule has 0 unspecified atom stereocenters. The summed E-state index contributed by atoms with van der Waals surface area (Å²) >= 11 is 0. The molecule has 0 spiro atoms. The van der Waals surface area contributed by atoms with Crippen molar-refractivity contribution in [3.8, 4) is 5.75 Å². The summed E-state index contributed by atoms with van der Waals surface area (Å²) in [6, 6.07) is 8.96. The highest BCUT2D eigenvalue weighted by atomic mass is 16.5. The number of hydrogen-bond donors (Lipinski definition) is 1. The fraction of sp³-hybridized carbons (Fsp3) is 0.278. The van der Waals surface area contributed by atoms with E-state index in [1.807, 2.05) is 18.2 Å². The maximum absolute atomic E-state index is 12.9. The van der Waals surface area contributed by atoms with Crippen LogP contribution in [-0.2, 0) is 4.79 Å². The molecule has 4 rings (SSSR count). The molecule has 2 atom stereocenters. The molecule has 1 fully saturated rings. The minimum Gasteiger partial charge on any atom is -0.496 e. The van der Waals surface area contributed by atoms with Crippen LogP contribution < -0.4 is 4.74 Å². The molecule has 1 aliphatic heterocycles. The number of para-hydroxylation sites is 1. The number of rotatable bonds is 4. The van der Waals surface area contributed by atoms with Gasteiger partial charge in [0.15, 0.2) is 0 Å². The topological polar surface area (TPSA) is 110 Å². The number of aliphatic carboxylic acids is 1. The van der Waals surface area contributed by atoms with Crippen LogP contribution in [0.15, 0.2) is 42.7 Å². The number of methoxy groups -OCH3 is 1. The number of carboxylic acids is 1. The number of amides is 1. The summed E-state index contributed by atoms with van der Waals surface area (Å²) in [4.78, 5) is 34.3. The van der Waals surface area contributed by atoms with E-state index in [2.05, 4.69) is 15.1 Å². The Labute approximate surface area is 154 Å². The largest absolute Gasteiger partial charge is 0.496 e. The van der Waals surface area contributed by atoms with Gasteiger partial charge in [-0.3, -0.25) is 9.59 Å². The summed E-state index contributed by atoms with van der Waals surface area (Å²) in [5.41, 5.74) is 0.771. The number of carbonyl (C=O) groups excluding carboxylic acids is 1. The van der Waals surface area contributed by atoms with Crippen molar-refractivity contribution in [3.63, 3.8) is 0 Å². The monoisotopic (exact) mass is 367 g/mol. The van der Waals surface area contributed by atoms with Crippen molar-refractivity contribution in [2.75, 3.05) is 20.2 Å². The summed E-state index contributed by atoms with van der Waals surface area (Å²) in [6.45, 7) is 0.332. The normalized spacial score (nSPS) is 19.4. The summed E-state index contributed by atoms with van der Waals surface area (Å²) in [7, 11) is 1.54. The molecule has 138 valence electrons.